The molecule has 0 fully saturated rings. The summed E-state index contributed by atoms with van der Waals surface area (Å²) in [5.74, 6) is 0. The van der Waals surface area contributed by atoms with Crippen LogP contribution >= 0.6 is 11.3 Å². The summed E-state index contributed by atoms with van der Waals surface area (Å²) in [6.07, 6.45) is 0. The molecular formula is C56H35NOS. The average molecular weight is 770 g/mol. The van der Waals surface area contributed by atoms with E-state index in [-0.39, 0.29) is 0 Å². The summed E-state index contributed by atoms with van der Waals surface area (Å²) >= 11 is 1.87. The Kier molecular flexibility index (Phi) is 7.75. The lowest BCUT2D eigenvalue weighted by molar-refractivity contribution is 0.670. The van der Waals surface area contributed by atoms with E-state index in [1.54, 1.807) is 0 Å². The van der Waals surface area contributed by atoms with Gasteiger partial charge in [0.2, 0.25) is 0 Å². The number of rotatable bonds is 6. The molecule has 0 bridgehead atoms. The van der Waals surface area contributed by atoms with Gasteiger partial charge in [-0.25, -0.2) is 0 Å². The first kappa shape index (κ1) is 33.7. The number of nitrogens with zero attached hydrogens (tertiary/aromatic N) is 1. The van der Waals surface area contributed by atoms with E-state index in [1.807, 2.05) is 23.5 Å². The number of hydrogen-bond acceptors (Lipinski definition) is 3. The number of fused-ring (bicyclic) bond motifs is 9. The van der Waals surface area contributed by atoms with E-state index in [4.69, 9.17) is 4.42 Å². The van der Waals surface area contributed by atoms with Gasteiger partial charge in [0.15, 0.2) is 0 Å². The minimum atomic E-state index is 0.905. The molecule has 0 atom stereocenters. The van der Waals surface area contributed by atoms with E-state index < -0.39 is 0 Å². The minimum absolute atomic E-state index is 0.905. The number of benzene rings is 10. The second kappa shape index (κ2) is 13.6. The molecule has 0 saturated carbocycles. The van der Waals surface area contributed by atoms with Crippen LogP contribution in [0.4, 0.5) is 17.1 Å². The Balaban J connectivity index is 1.07. The van der Waals surface area contributed by atoms with Gasteiger partial charge in [-0.3, -0.25) is 0 Å². The molecule has 2 nitrogen and oxygen atoms in total. The van der Waals surface area contributed by atoms with Crippen molar-refractivity contribution in [3.63, 3.8) is 0 Å². The summed E-state index contributed by atoms with van der Waals surface area (Å²) in [6.45, 7) is 0. The van der Waals surface area contributed by atoms with Crippen LogP contribution in [-0.2, 0) is 0 Å². The standard InChI is InChI=1S/C56H35NOS/c1-2-13-36(14-3-1)43-33-34-50-48-20-9-11-24-53(48)59-56(50)54(43)57(40-29-25-37(26-30-40)44-21-12-22-49-47-19-8-10-23-52(47)58-55(44)49)41-31-27-38(28-32-41)51-35-39-15-4-5-16-42(39)45-17-6-7-18-46(45)51/h1-35H. The van der Waals surface area contributed by atoms with Crippen molar-refractivity contribution in [2.24, 2.45) is 0 Å². The van der Waals surface area contributed by atoms with Crippen molar-refractivity contribution in [2.45, 2.75) is 0 Å². The zero-order valence-electron chi connectivity index (χ0n) is 32.0. The number of para-hydroxylation sites is 2. The first-order valence-corrected chi connectivity index (χ1v) is 20.9. The van der Waals surface area contributed by atoms with Crippen molar-refractivity contribution >= 4 is 92.1 Å². The van der Waals surface area contributed by atoms with Gasteiger partial charge < -0.3 is 9.32 Å². The summed E-state index contributed by atoms with van der Waals surface area (Å²) < 4.78 is 9.02. The topological polar surface area (TPSA) is 16.4 Å². The minimum Gasteiger partial charge on any atom is -0.455 e. The number of hydrogen-bond donors (Lipinski definition) is 0. The lowest BCUT2D eigenvalue weighted by Crippen LogP contribution is -2.11. The monoisotopic (exact) mass is 769 g/mol. The molecule has 0 N–H and O–H groups in total. The Bertz CT molecular complexity index is 3540. The first-order chi connectivity index (χ1) is 29.3. The van der Waals surface area contributed by atoms with E-state index in [1.165, 1.54) is 69.7 Å². The molecule has 2 aromatic heterocycles. The van der Waals surface area contributed by atoms with E-state index in [2.05, 4.69) is 205 Å². The molecular weight excluding hydrogens is 735 g/mol. The molecule has 10 aromatic carbocycles. The molecule has 59 heavy (non-hydrogen) atoms. The van der Waals surface area contributed by atoms with Gasteiger partial charge in [0, 0.05) is 48.7 Å². The van der Waals surface area contributed by atoms with Crippen LogP contribution in [0, 0.1) is 0 Å². The third kappa shape index (κ3) is 5.47. The Morgan fingerprint density at radius 2 is 0.949 bits per heavy atom. The lowest BCUT2D eigenvalue weighted by Gasteiger charge is -2.29. The zero-order chi connectivity index (χ0) is 38.9. The molecule has 0 radical (unpaired) electrons. The normalized spacial score (nSPS) is 11.7. The fourth-order valence-corrected chi connectivity index (χ4v) is 10.3. The Labute approximate surface area is 345 Å². The highest BCUT2D eigenvalue weighted by Crippen LogP contribution is 2.50. The maximum Gasteiger partial charge on any atom is 0.143 e. The smallest absolute Gasteiger partial charge is 0.143 e. The lowest BCUT2D eigenvalue weighted by atomic mass is 9.93. The van der Waals surface area contributed by atoms with Crippen molar-refractivity contribution < 1.29 is 4.42 Å². The van der Waals surface area contributed by atoms with E-state index in [0.29, 0.717) is 0 Å². The highest BCUT2D eigenvalue weighted by Gasteiger charge is 2.23. The molecule has 276 valence electrons. The van der Waals surface area contributed by atoms with Crippen LogP contribution in [0.1, 0.15) is 0 Å². The van der Waals surface area contributed by atoms with Crippen molar-refractivity contribution in [3.8, 4) is 33.4 Å². The molecule has 0 unspecified atom stereocenters. The van der Waals surface area contributed by atoms with Crippen LogP contribution in [0.2, 0.25) is 0 Å². The molecule has 0 amide bonds. The van der Waals surface area contributed by atoms with Crippen LogP contribution in [0.3, 0.4) is 0 Å². The highest BCUT2D eigenvalue weighted by atomic mass is 32.1. The fraction of sp³-hybridized carbons (Fsp3) is 0. The van der Waals surface area contributed by atoms with Gasteiger partial charge in [-0.2, -0.15) is 0 Å². The van der Waals surface area contributed by atoms with E-state index in [9.17, 15) is 0 Å². The van der Waals surface area contributed by atoms with Gasteiger partial charge in [-0.1, -0.05) is 170 Å². The largest absolute Gasteiger partial charge is 0.455 e. The molecule has 0 spiro atoms. The molecule has 0 aliphatic heterocycles. The summed E-state index contributed by atoms with van der Waals surface area (Å²) in [6, 6.07) is 77.0. The highest BCUT2D eigenvalue weighted by molar-refractivity contribution is 7.26. The van der Waals surface area contributed by atoms with Gasteiger partial charge in [0.25, 0.3) is 0 Å². The maximum atomic E-state index is 6.49. The SMILES string of the molecule is c1ccc(-c2ccc3c(sc4ccccc43)c2N(c2ccc(-c3cc4ccccc4c4ccccc34)cc2)c2ccc(-c3cccc4c3oc3ccccc34)cc2)cc1. The Morgan fingerprint density at radius 3 is 1.73 bits per heavy atom. The third-order valence-electron chi connectivity index (χ3n) is 11.9. The molecule has 3 heteroatoms. The van der Waals surface area contributed by atoms with Gasteiger partial charge in [-0.15, -0.1) is 11.3 Å². The van der Waals surface area contributed by atoms with Gasteiger partial charge in [0.05, 0.1) is 10.4 Å². The van der Waals surface area contributed by atoms with Crippen LogP contribution in [0.25, 0.3) is 97.0 Å². The molecule has 12 rings (SSSR count). The Hall–Kier alpha value is -7.46. The van der Waals surface area contributed by atoms with Crippen LogP contribution < -0.4 is 4.90 Å². The molecule has 0 aliphatic carbocycles. The summed E-state index contributed by atoms with van der Waals surface area (Å²) in [5, 5.41) is 9.86. The predicted molar refractivity (Wildman–Crippen MR) is 253 cm³/mol. The van der Waals surface area contributed by atoms with E-state index >= 15 is 0 Å². The zero-order valence-corrected chi connectivity index (χ0v) is 32.8. The summed E-state index contributed by atoms with van der Waals surface area (Å²) in [5.41, 5.74) is 12.1. The number of anilines is 3. The summed E-state index contributed by atoms with van der Waals surface area (Å²) in [4.78, 5) is 2.47. The molecule has 2 heterocycles. The van der Waals surface area contributed by atoms with Crippen molar-refractivity contribution in [2.75, 3.05) is 4.90 Å². The average Bonchev–Trinajstić information content (AvgIpc) is 3.89. The van der Waals surface area contributed by atoms with E-state index in [0.717, 1.165) is 44.4 Å². The second-order valence-corrected chi connectivity index (χ2v) is 16.3. The van der Waals surface area contributed by atoms with Crippen molar-refractivity contribution in [1.82, 2.24) is 0 Å². The number of thiophene rings is 1. The Morgan fingerprint density at radius 1 is 0.356 bits per heavy atom. The molecule has 0 saturated heterocycles. The fourth-order valence-electron chi connectivity index (χ4n) is 9.10. The summed E-state index contributed by atoms with van der Waals surface area (Å²) in [7, 11) is 0. The third-order valence-corrected chi connectivity index (χ3v) is 13.1. The van der Waals surface area contributed by atoms with Crippen LogP contribution in [0.15, 0.2) is 217 Å². The number of furan rings is 1. The maximum absolute atomic E-state index is 6.49. The van der Waals surface area contributed by atoms with Gasteiger partial charge in [0.1, 0.15) is 11.2 Å². The van der Waals surface area contributed by atoms with Crippen LogP contribution in [-0.4, -0.2) is 0 Å². The van der Waals surface area contributed by atoms with Crippen molar-refractivity contribution in [3.05, 3.63) is 212 Å². The van der Waals surface area contributed by atoms with Crippen molar-refractivity contribution in [1.29, 1.82) is 0 Å². The quantitative estimate of drug-likeness (QED) is 0.157. The van der Waals surface area contributed by atoms with Gasteiger partial charge >= 0.3 is 0 Å². The van der Waals surface area contributed by atoms with Gasteiger partial charge in [-0.05, 0) is 86.3 Å². The second-order valence-electron chi connectivity index (χ2n) is 15.2. The van der Waals surface area contributed by atoms with Crippen LogP contribution in [0.5, 0.6) is 0 Å². The molecule has 0 aliphatic rings. The molecule has 12 aromatic rings. The first-order valence-electron chi connectivity index (χ1n) is 20.1. The predicted octanol–water partition coefficient (Wildman–Crippen LogP) is 16.7.